The highest BCUT2D eigenvalue weighted by Crippen LogP contribution is 2.12. The van der Waals surface area contributed by atoms with Gasteiger partial charge in [-0.15, -0.1) is 0 Å². The van der Waals surface area contributed by atoms with E-state index < -0.39 is 5.97 Å². The Morgan fingerprint density at radius 1 is 1.67 bits per heavy atom. The summed E-state index contributed by atoms with van der Waals surface area (Å²) in [5.41, 5.74) is 0.416. The standard InChI is InChI=1S/C9H9N3O3/c1-2-5-7(9(14)15)8-10-6(13)3-4-12(8)11-5/h3-4H,2H2,1H3,(H,10,13)(H,14,15). The number of carboxylic acids is 1. The van der Waals surface area contributed by atoms with Crippen LogP contribution in [-0.4, -0.2) is 25.7 Å². The summed E-state index contributed by atoms with van der Waals surface area (Å²) in [5, 5.41) is 13.1. The molecule has 2 aromatic heterocycles. The molecule has 0 atom stereocenters. The van der Waals surface area contributed by atoms with Crippen molar-refractivity contribution in [3.63, 3.8) is 0 Å². The molecule has 0 saturated carbocycles. The Labute approximate surface area is 84.2 Å². The third-order valence-electron chi connectivity index (χ3n) is 2.14. The first-order chi connectivity index (χ1) is 7.13. The average molecular weight is 207 g/mol. The number of hydrogen-bond acceptors (Lipinski definition) is 3. The maximum atomic E-state index is 11.1. The summed E-state index contributed by atoms with van der Waals surface area (Å²) >= 11 is 0. The minimum Gasteiger partial charge on any atom is -0.477 e. The van der Waals surface area contributed by atoms with Gasteiger partial charge in [-0.05, 0) is 6.42 Å². The SMILES string of the molecule is CCc1nn2ccc(=O)[nH]c2c1C(=O)O. The predicted octanol–water partition coefficient (Wildman–Crippen LogP) is 0.283. The van der Waals surface area contributed by atoms with Gasteiger partial charge in [0.1, 0.15) is 5.56 Å². The first-order valence-electron chi connectivity index (χ1n) is 4.47. The van der Waals surface area contributed by atoms with Gasteiger partial charge in [0.25, 0.3) is 5.56 Å². The van der Waals surface area contributed by atoms with E-state index in [4.69, 9.17) is 5.11 Å². The van der Waals surface area contributed by atoms with E-state index >= 15 is 0 Å². The van der Waals surface area contributed by atoms with Gasteiger partial charge in [0.2, 0.25) is 0 Å². The highest BCUT2D eigenvalue weighted by atomic mass is 16.4. The minimum absolute atomic E-state index is 0.0650. The fourth-order valence-electron chi connectivity index (χ4n) is 1.48. The fraction of sp³-hybridized carbons (Fsp3) is 0.222. The summed E-state index contributed by atoms with van der Waals surface area (Å²) in [4.78, 5) is 24.5. The number of nitrogens with one attached hydrogen (secondary N) is 1. The number of aromatic nitrogens is 3. The van der Waals surface area contributed by atoms with Gasteiger partial charge < -0.3 is 10.1 Å². The topological polar surface area (TPSA) is 87.5 Å². The van der Waals surface area contributed by atoms with E-state index in [1.54, 1.807) is 0 Å². The minimum atomic E-state index is -1.08. The Morgan fingerprint density at radius 3 is 3.00 bits per heavy atom. The molecular weight excluding hydrogens is 198 g/mol. The lowest BCUT2D eigenvalue weighted by molar-refractivity contribution is 0.0697. The number of H-pyrrole nitrogens is 1. The highest BCUT2D eigenvalue weighted by molar-refractivity contribution is 5.95. The van der Waals surface area contributed by atoms with Crippen molar-refractivity contribution in [2.75, 3.05) is 0 Å². The summed E-state index contributed by atoms with van der Waals surface area (Å²) in [6.07, 6.45) is 1.95. The van der Waals surface area contributed by atoms with Crippen molar-refractivity contribution in [3.05, 3.63) is 33.9 Å². The maximum Gasteiger partial charge on any atom is 0.341 e. The Morgan fingerprint density at radius 2 is 2.40 bits per heavy atom. The van der Waals surface area contributed by atoms with E-state index in [1.807, 2.05) is 6.92 Å². The molecule has 78 valence electrons. The van der Waals surface area contributed by atoms with Crippen molar-refractivity contribution < 1.29 is 9.90 Å². The summed E-state index contributed by atoms with van der Waals surface area (Å²) < 4.78 is 1.36. The van der Waals surface area contributed by atoms with Crippen LogP contribution in [0.5, 0.6) is 0 Å². The molecule has 0 unspecified atom stereocenters. The van der Waals surface area contributed by atoms with Crippen molar-refractivity contribution >= 4 is 11.6 Å². The molecule has 0 spiro atoms. The van der Waals surface area contributed by atoms with Gasteiger partial charge in [-0.25, -0.2) is 9.31 Å². The third-order valence-corrected chi connectivity index (χ3v) is 2.14. The van der Waals surface area contributed by atoms with Crippen LogP contribution in [0, 0.1) is 0 Å². The van der Waals surface area contributed by atoms with Crippen molar-refractivity contribution in [2.24, 2.45) is 0 Å². The van der Waals surface area contributed by atoms with Gasteiger partial charge in [-0.1, -0.05) is 6.92 Å². The van der Waals surface area contributed by atoms with Gasteiger partial charge in [0.05, 0.1) is 5.69 Å². The van der Waals surface area contributed by atoms with Crippen molar-refractivity contribution in [2.45, 2.75) is 13.3 Å². The molecule has 0 aromatic carbocycles. The second kappa shape index (κ2) is 3.23. The van der Waals surface area contributed by atoms with Crippen LogP contribution in [0.4, 0.5) is 0 Å². The van der Waals surface area contributed by atoms with E-state index in [0.29, 0.717) is 12.1 Å². The lowest BCUT2D eigenvalue weighted by Gasteiger charge is -1.93. The molecule has 2 aromatic rings. The number of carboxylic acid groups (broad SMARTS) is 1. The largest absolute Gasteiger partial charge is 0.477 e. The lowest BCUT2D eigenvalue weighted by Crippen LogP contribution is -2.08. The van der Waals surface area contributed by atoms with E-state index in [9.17, 15) is 9.59 Å². The van der Waals surface area contributed by atoms with Crippen LogP contribution in [0.25, 0.3) is 5.65 Å². The second-order valence-corrected chi connectivity index (χ2v) is 3.08. The molecule has 15 heavy (non-hydrogen) atoms. The summed E-state index contributed by atoms with van der Waals surface area (Å²) in [6.45, 7) is 1.81. The first kappa shape index (κ1) is 9.45. The van der Waals surface area contributed by atoms with E-state index in [1.165, 1.54) is 16.8 Å². The van der Waals surface area contributed by atoms with Crippen LogP contribution in [0.1, 0.15) is 23.0 Å². The zero-order valence-electron chi connectivity index (χ0n) is 8.02. The molecule has 0 radical (unpaired) electrons. The summed E-state index contributed by atoms with van der Waals surface area (Å²) in [6, 6.07) is 1.30. The molecular formula is C9H9N3O3. The number of rotatable bonds is 2. The number of fused-ring (bicyclic) bond motifs is 1. The summed E-state index contributed by atoms with van der Waals surface area (Å²) in [5.74, 6) is -1.08. The predicted molar refractivity (Wildman–Crippen MR) is 52.2 cm³/mol. The van der Waals surface area contributed by atoms with E-state index in [-0.39, 0.29) is 16.8 Å². The number of aromatic carboxylic acids is 1. The van der Waals surface area contributed by atoms with E-state index in [2.05, 4.69) is 10.1 Å². The van der Waals surface area contributed by atoms with E-state index in [0.717, 1.165) is 0 Å². The van der Waals surface area contributed by atoms with Gasteiger partial charge in [-0.2, -0.15) is 5.10 Å². The number of hydrogen-bond donors (Lipinski definition) is 2. The average Bonchev–Trinajstić information content (AvgIpc) is 2.55. The van der Waals surface area contributed by atoms with Gasteiger partial charge in [0, 0.05) is 12.3 Å². The Kier molecular flexibility index (Phi) is 2.03. The van der Waals surface area contributed by atoms with Crippen molar-refractivity contribution in [1.29, 1.82) is 0 Å². The van der Waals surface area contributed by atoms with Gasteiger partial charge in [-0.3, -0.25) is 4.79 Å². The van der Waals surface area contributed by atoms with Crippen LogP contribution < -0.4 is 5.56 Å². The van der Waals surface area contributed by atoms with Crippen LogP contribution >= 0.6 is 0 Å². The Hall–Kier alpha value is -2.11. The van der Waals surface area contributed by atoms with Crippen molar-refractivity contribution in [3.8, 4) is 0 Å². The Bertz CT molecular complexity index is 582. The zero-order chi connectivity index (χ0) is 11.0. The summed E-state index contributed by atoms with van der Waals surface area (Å²) in [7, 11) is 0. The second-order valence-electron chi connectivity index (χ2n) is 3.08. The smallest absolute Gasteiger partial charge is 0.341 e. The first-order valence-corrected chi connectivity index (χ1v) is 4.47. The highest BCUT2D eigenvalue weighted by Gasteiger charge is 2.18. The van der Waals surface area contributed by atoms with Crippen LogP contribution in [0.2, 0.25) is 0 Å². The van der Waals surface area contributed by atoms with Crippen molar-refractivity contribution in [1.82, 2.24) is 14.6 Å². The Balaban J connectivity index is 2.88. The molecule has 2 N–H and O–H groups in total. The van der Waals surface area contributed by atoms with Gasteiger partial charge in [0.15, 0.2) is 5.65 Å². The number of nitrogens with zero attached hydrogens (tertiary/aromatic N) is 2. The molecule has 6 heteroatoms. The molecule has 0 aliphatic carbocycles. The molecule has 0 aliphatic heterocycles. The molecule has 0 aliphatic rings. The number of aryl methyl sites for hydroxylation is 1. The fourth-order valence-corrected chi connectivity index (χ4v) is 1.48. The third kappa shape index (κ3) is 1.39. The molecule has 6 nitrogen and oxygen atoms in total. The number of aromatic amines is 1. The quantitative estimate of drug-likeness (QED) is 0.740. The van der Waals surface area contributed by atoms with Crippen LogP contribution in [-0.2, 0) is 6.42 Å². The van der Waals surface area contributed by atoms with Gasteiger partial charge >= 0.3 is 5.97 Å². The van der Waals surface area contributed by atoms with Crippen LogP contribution in [0.15, 0.2) is 17.1 Å². The molecule has 2 rings (SSSR count). The molecule has 0 bridgehead atoms. The lowest BCUT2D eigenvalue weighted by atomic mass is 10.2. The molecule has 2 heterocycles. The molecule has 0 amide bonds. The zero-order valence-corrected chi connectivity index (χ0v) is 8.02. The molecule has 0 saturated heterocycles. The van der Waals surface area contributed by atoms with Crippen LogP contribution in [0.3, 0.4) is 0 Å². The molecule has 0 fully saturated rings. The normalized spacial score (nSPS) is 10.7. The number of carbonyl (C=O) groups is 1. The maximum absolute atomic E-state index is 11.1. The monoisotopic (exact) mass is 207 g/mol.